The van der Waals surface area contributed by atoms with E-state index in [1.807, 2.05) is 24.6 Å². The Bertz CT molecular complexity index is 1080. The fourth-order valence-electron chi connectivity index (χ4n) is 3.08. The van der Waals surface area contributed by atoms with E-state index in [1.165, 1.54) is 31.2 Å². The first-order valence-corrected chi connectivity index (χ1v) is 16.5. The number of hydrogen-bond donors (Lipinski definition) is 0. The molecule has 0 N–H and O–H groups in total. The van der Waals surface area contributed by atoms with Gasteiger partial charge in [-0.15, -0.1) is 0 Å². The van der Waals surface area contributed by atoms with Crippen molar-refractivity contribution >= 4 is 47.6 Å². The van der Waals surface area contributed by atoms with E-state index >= 15 is 0 Å². The molecular formula is C28H24N2Se2. The van der Waals surface area contributed by atoms with E-state index in [-0.39, 0.29) is 0 Å². The third kappa shape index (κ3) is 6.88. The standard InChI is InChI=1S/C28H24N2Se2/c1-3-11-23(12-4-1)19-29-21-25-15-7-9-17-27(25)31-32-28-18-10-8-16-26(28)22-30-20-24-13-5-2-6-14-24/h1-18,21-22H,19-20H2. The zero-order valence-electron chi connectivity index (χ0n) is 17.7. The molecule has 0 bridgehead atoms. The minimum absolute atomic E-state index is 0.381. The maximum absolute atomic E-state index is 4.69. The van der Waals surface area contributed by atoms with E-state index < -0.39 is 0 Å². The molecule has 0 spiro atoms. The van der Waals surface area contributed by atoms with Gasteiger partial charge in [0.2, 0.25) is 0 Å². The minimum atomic E-state index is 0.381. The molecule has 4 rings (SSSR count). The fraction of sp³-hybridized carbons (Fsp3) is 0.0714. The summed E-state index contributed by atoms with van der Waals surface area (Å²) in [6.07, 6.45) is 4.07. The summed E-state index contributed by atoms with van der Waals surface area (Å²) in [5.41, 5.74) is 4.94. The second-order valence-corrected chi connectivity index (χ2v) is 13.3. The van der Waals surface area contributed by atoms with Gasteiger partial charge in [0.1, 0.15) is 0 Å². The van der Waals surface area contributed by atoms with E-state index in [0.29, 0.717) is 39.4 Å². The third-order valence-corrected chi connectivity index (χ3v) is 12.1. The van der Waals surface area contributed by atoms with Gasteiger partial charge in [-0.2, -0.15) is 0 Å². The Labute approximate surface area is 201 Å². The van der Waals surface area contributed by atoms with Crippen molar-refractivity contribution in [2.45, 2.75) is 13.1 Å². The maximum atomic E-state index is 4.69. The van der Waals surface area contributed by atoms with Crippen LogP contribution in [0.2, 0.25) is 0 Å². The molecule has 0 heterocycles. The Morgan fingerprint density at radius 2 is 0.844 bits per heavy atom. The van der Waals surface area contributed by atoms with Crippen LogP contribution in [0.5, 0.6) is 0 Å². The Morgan fingerprint density at radius 1 is 0.469 bits per heavy atom. The van der Waals surface area contributed by atoms with Crippen LogP contribution in [-0.2, 0) is 13.1 Å². The van der Waals surface area contributed by atoms with Gasteiger partial charge in [0.15, 0.2) is 0 Å². The van der Waals surface area contributed by atoms with Crippen LogP contribution >= 0.6 is 0 Å². The Kier molecular flexibility index (Phi) is 8.65. The second kappa shape index (κ2) is 12.3. The van der Waals surface area contributed by atoms with Gasteiger partial charge in [-0.25, -0.2) is 0 Å². The average Bonchev–Trinajstić information content (AvgIpc) is 2.85. The normalized spacial score (nSPS) is 11.4. The molecule has 158 valence electrons. The molecule has 0 amide bonds. The van der Waals surface area contributed by atoms with Gasteiger partial charge in [-0.1, -0.05) is 0 Å². The summed E-state index contributed by atoms with van der Waals surface area (Å²) in [7, 11) is 0. The van der Waals surface area contributed by atoms with Crippen LogP contribution in [-0.4, -0.2) is 38.7 Å². The first-order chi connectivity index (χ1) is 15.9. The number of aliphatic imine (C=N–C) groups is 2. The molecular weight excluding hydrogens is 522 g/mol. The average molecular weight is 546 g/mol. The molecule has 0 aliphatic heterocycles. The summed E-state index contributed by atoms with van der Waals surface area (Å²) in [4.78, 5) is 9.37. The predicted molar refractivity (Wildman–Crippen MR) is 139 cm³/mol. The molecule has 0 aliphatic carbocycles. The van der Waals surface area contributed by atoms with Gasteiger partial charge >= 0.3 is 202 Å². The van der Waals surface area contributed by atoms with Crippen molar-refractivity contribution in [2.75, 3.05) is 0 Å². The third-order valence-electron chi connectivity index (χ3n) is 4.75. The van der Waals surface area contributed by atoms with Gasteiger partial charge in [0.25, 0.3) is 0 Å². The van der Waals surface area contributed by atoms with Crippen LogP contribution < -0.4 is 8.92 Å². The van der Waals surface area contributed by atoms with E-state index in [1.54, 1.807) is 0 Å². The molecule has 0 fully saturated rings. The van der Waals surface area contributed by atoms with Gasteiger partial charge in [-0.3, -0.25) is 0 Å². The number of nitrogens with zero attached hydrogens (tertiary/aromatic N) is 2. The molecule has 0 saturated heterocycles. The molecule has 0 saturated carbocycles. The van der Waals surface area contributed by atoms with Gasteiger partial charge < -0.3 is 0 Å². The summed E-state index contributed by atoms with van der Waals surface area (Å²) < 4.78 is 2.82. The van der Waals surface area contributed by atoms with E-state index in [2.05, 4.69) is 107 Å². The van der Waals surface area contributed by atoms with Crippen LogP contribution in [0.1, 0.15) is 22.3 Å². The van der Waals surface area contributed by atoms with Crippen molar-refractivity contribution in [3.05, 3.63) is 131 Å². The van der Waals surface area contributed by atoms with Crippen LogP contribution in [0.4, 0.5) is 0 Å². The van der Waals surface area contributed by atoms with Crippen molar-refractivity contribution in [1.82, 2.24) is 0 Å². The number of benzene rings is 4. The van der Waals surface area contributed by atoms with Crippen molar-refractivity contribution in [2.24, 2.45) is 9.98 Å². The van der Waals surface area contributed by atoms with Crippen molar-refractivity contribution < 1.29 is 0 Å². The molecule has 0 radical (unpaired) electrons. The molecule has 0 aliphatic rings. The molecule has 0 atom stereocenters. The first-order valence-electron chi connectivity index (χ1n) is 10.5. The van der Waals surface area contributed by atoms with Crippen LogP contribution in [0.25, 0.3) is 0 Å². The molecule has 4 aromatic carbocycles. The first kappa shape index (κ1) is 22.5. The molecule has 4 aromatic rings. The van der Waals surface area contributed by atoms with Crippen molar-refractivity contribution in [3.8, 4) is 0 Å². The Hall–Kier alpha value is -2.74. The van der Waals surface area contributed by atoms with Gasteiger partial charge in [0, 0.05) is 0 Å². The monoisotopic (exact) mass is 548 g/mol. The van der Waals surface area contributed by atoms with E-state index in [0.717, 1.165) is 0 Å². The van der Waals surface area contributed by atoms with Crippen LogP contribution in [0.15, 0.2) is 119 Å². The van der Waals surface area contributed by atoms with Crippen molar-refractivity contribution in [3.63, 3.8) is 0 Å². The fourth-order valence-corrected chi connectivity index (χ4v) is 10.2. The van der Waals surface area contributed by atoms with Gasteiger partial charge in [-0.05, 0) is 0 Å². The Balaban J connectivity index is 1.41. The summed E-state index contributed by atoms with van der Waals surface area (Å²) in [6, 6.07) is 38.1. The van der Waals surface area contributed by atoms with Crippen LogP contribution in [0.3, 0.4) is 0 Å². The van der Waals surface area contributed by atoms with Gasteiger partial charge in [0.05, 0.1) is 0 Å². The summed E-state index contributed by atoms with van der Waals surface area (Å²) in [5, 5.41) is 0. The zero-order valence-corrected chi connectivity index (χ0v) is 21.1. The summed E-state index contributed by atoms with van der Waals surface area (Å²) in [5.74, 6) is 0. The van der Waals surface area contributed by atoms with E-state index in [9.17, 15) is 0 Å². The molecule has 4 heteroatoms. The topological polar surface area (TPSA) is 24.7 Å². The quantitative estimate of drug-likeness (QED) is 0.222. The summed E-state index contributed by atoms with van der Waals surface area (Å²) >= 11 is 0.761. The molecule has 0 unspecified atom stereocenters. The summed E-state index contributed by atoms with van der Waals surface area (Å²) in [6.45, 7) is 1.43. The molecule has 2 nitrogen and oxygen atoms in total. The SMILES string of the molecule is C(=NCc1ccccc1)c1ccccc1[Se][Se]c1ccccc1C=NCc1ccccc1. The predicted octanol–water partition coefficient (Wildman–Crippen LogP) is 4.20. The Morgan fingerprint density at radius 3 is 1.28 bits per heavy atom. The number of hydrogen-bond acceptors (Lipinski definition) is 2. The zero-order chi connectivity index (χ0) is 21.8. The van der Waals surface area contributed by atoms with Crippen molar-refractivity contribution in [1.29, 1.82) is 0 Å². The number of rotatable bonds is 9. The second-order valence-electron chi connectivity index (χ2n) is 7.15. The molecule has 0 aromatic heterocycles. The van der Waals surface area contributed by atoms with E-state index in [4.69, 9.17) is 0 Å². The molecule has 32 heavy (non-hydrogen) atoms. The van der Waals surface area contributed by atoms with Crippen LogP contribution in [0, 0.1) is 0 Å².